The SMILES string of the molecule is CCc1ccc(-c2nc3ccc(Br)c(C)n3c2N)cc1. The number of aromatic nitrogens is 2. The number of fused-ring (bicyclic) bond motifs is 1. The Morgan fingerprint density at radius 2 is 1.85 bits per heavy atom. The van der Waals surface area contributed by atoms with Crippen LogP contribution in [0.25, 0.3) is 16.9 Å². The zero-order valence-electron chi connectivity index (χ0n) is 11.5. The first-order valence-corrected chi connectivity index (χ1v) is 7.43. The monoisotopic (exact) mass is 329 g/mol. The molecule has 2 heterocycles. The summed E-state index contributed by atoms with van der Waals surface area (Å²) in [7, 11) is 0. The number of halogens is 1. The van der Waals surface area contributed by atoms with Crippen LogP contribution < -0.4 is 5.73 Å². The maximum Gasteiger partial charge on any atom is 0.139 e. The highest BCUT2D eigenvalue weighted by molar-refractivity contribution is 9.10. The molecular formula is C16H16BrN3. The molecule has 102 valence electrons. The van der Waals surface area contributed by atoms with Crippen LogP contribution in [0.1, 0.15) is 18.2 Å². The van der Waals surface area contributed by atoms with E-state index < -0.39 is 0 Å². The summed E-state index contributed by atoms with van der Waals surface area (Å²) in [6.45, 7) is 4.17. The molecule has 0 aliphatic rings. The number of nitrogens with zero attached hydrogens (tertiary/aromatic N) is 2. The lowest BCUT2D eigenvalue weighted by Crippen LogP contribution is -1.98. The number of nitrogens with two attached hydrogens (primary N) is 1. The molecule has 1 aromatic carbocycles. The molecule has 0 unspecified atom stereocenters. The van der Waals surface area contributed by atoms with Crippen molar-refractivity contribution in [3.63, 3.8) is 0 Å². The lowest BCUT2D eigenvalue weighted by molar-refractivity contribution is 1.09. The number of hydrogen-bond acceptors (Lipinski definition) is 2. The van der Waals surface area contributed by atoms with E-state index in [0.717, 1.165) is 33.5 Å². The van der Waals surface area contributed by atoms with E-state index >= 15 is 0 Å². The normalized spacial score (nSPS) is 11.2. The first-order valence-electron chi connectivity index (χ1n) is 6.64. The molecule has 0 aliphatic heterocycles. The van der Waals surface area contributed by atoms with E-state index in [-0.39, 0.29) is 0 Å². The molecule has 4 heteroatoms. The third-order valence-electron chi connectivity index (χ3n) is 3.63. The molecule has 2 aromatic heterocycles. The predicted molar refractivity (Wildman–Crippen MR) is 86.9 cm³/mol. The summed E-state index contributed by atoms with van der Waals surface area (Å²) in [6.07, 6.45) is 1.03. The van der Waals surface area contributed by atoms with Gasteiger partial charge in [0, 0.05) is 15.7 Å². The Morgan fingerprint density at radius 1 is 1.15 bits per heavy atom. The van der Waals surface area contributed by atoms with Crippen molar-refractivity contribution in [1.82, 2.24) is 9.38 Å². The molecule has 0 fully saturated rings. The Bertz CT molecular complexity index is 773. The van der Waals surface area contributed by atoms with Gasteiger partial charge in [-0.1, -0.05) is 31.2 Å². The van der Waals surface area contributed by atoms with E-state index in [0.29, 0.717) is 5.82 Å². The fraction of sp³-hybridized carbons (Fsp3) is 0.188. The van der Waals surface area contributed by atoms with Crippen molar-refractivity contribution in [2.75, 3.05) is 5.73 Å². The lowest BCUT2D eigenvalue weighted by Gasteiger charge is -2.05. The highest BCUT2D eigenvalue weighted by Crippen LogP contribution is 2.29. The standard InChI is InChI=1S/C16H16BrN3/c1-3-11-4-6-12(7-5-11)15-16(18)20-10(2)13(17)8-9-14(20)19-15/h4-9H,3,18H2,1-2H3. The molecule has 0 saturated carbocycles. The quantitative estimate of drug-likeness (QED) is 0.765. The van der Waals surface area contributed by atoms with Crippen molar-refractivity contribution in [3.05, 3.63) is 52.1 Å². The molecule has 0 spiro atoms. The van der Waals surface area contributed by atoms with Crippen molar-refractivity contribution in [3.8, 4) is 11.3 Å². The molecule has 0 saturated heterocycles. The zero-order valence-corrected chi connectivity index (χ0v) is 13.1. The molecule has 0 bridgehead atoms. The average molecular weight is 330 g/mol. The molecule has 0 amide bonds. The largest absolute Gasteiger partial charge is 0.383 e. The topological polar surface area (TPSA) is 43.3 Å². The van der Waals surface area contributed by atoms with Gasteiger partial charge in [-0.3, -0.25) is 4.40 Å². The number of hydrogen-bond donors (Lipinski definition) is 1. The molecule has 0 atom stereocenters. The maximum absolute atomic E-state index is 6.29. The van der Waals surface area contributed by atoms with Crippen molar-refractivity contribution in [1.29, 1.82) is 0 Å². The molecule has 3 nitrogen and oxygen atoms in total. The van der Waals surface area contributed by atoms with Gasteiger partial charge in [-0.15, -0.1) is 0 Å². The van der Waals surface area contributed by atoms with Gasteiger partial charge >= 0.3 is 0 Å². The molecule has 2 N–H and O–H groups in total. The van der Waals surface area contributed by atoms with Gasteiger partial charge in [0.15, 0.2) is 0 Å². The van der Waals surface area contributed by atoms with Crippen LogP contribution in [0.5, 0.6) is 0 Å². The first-order chi connectivity index (χ1) is 9.61. The van der Waals surface area contributed by atoms with Crippen LogP contribution in [-0.4, -0.2) is 9.38 Å². The smallest absolute Gasteiger partial charge is 0.139 e. The Morgan fingerprint density at radius 3 is 2.50 bits per heavy atom. The van der Waals surface area contributed by atoms with E-state index in [1.54, 1.807) is 0 Å². The van der Waals surface area contributed by atoms with E-state index in [1.807, 2.05) is 23.5 Å². The van der Waals surface area contributed by atoms with Gasteiger partial charge in [0.1, 0.15) is 17.2 Å². The zero-order chi connectivity index (χ0) is 14.3. The fourth-order valence-electron chi connectivity index (χ4n) is 2.40. The van der Waals surface area contributed by atoms with Crippen LogP contribution in [0, 0.1) is 6.92 Å². The number of imidazole rings is 1. The van der Waals surface area contributed by atoms with Gasteiger partial charge in [0.05, 0.1) is 0 Å². The number of anilines is 1. The molecule has 20 heavy (non-hydrogen) atoms. The number of pyridine rings is 1. The second-order valence-corrected chi connectivity index (χ2v) is 5.71. The number of rotatable bonds is 2. The predicted octanol–water partition coefficient (Wildman–Crippen LogP) is 4.22. The maximum atomic E-state index is 6.29. The van der Waals surface area contributed by atoms with Gasteiger partial charge < -0.3 is 5.73 Å². The summed E-state index contributed by atoms with van der Waals surface area (Å²) in [4.78, 5) is 4.66. The van der Waals surface area contributed by atoms with Gasteiger partial charge in [0.25, 0.3) is 0 Å². The third-order valence-corrected chi connectivity index (χ3v) is 4.47. The highest BCUT2D eigenvalue weighted by atomic mass is 79.9. The molecule has 3 aromatic rings. The van der Waals surface area contributed by atoms with Crippen molar-refractivity contribution < 1.29 is 0 Å². The third kappa shape index (κ3) is 2.00. The summed E-state index contributed by atoms with van der Waals surface area (Å²) in [6, 6.07) is 12.4. The summed E-state index contributed by atoms with van der Waals surface area (Å²) in [5.74, 6) is 0.683. The molecule has 3 rings (SSSR count). The molecule has 0 radical (unpaired) electrons. The number of aryl methyl sites for hydroxylation is 2. The van der Waals surface area contributed by atoms with Crippen LogP contribution >= 0.6 is 15.9 Å². The minimum Gasteiger partial charge on any atom is -0.383 e. The van der Waals surface area contributed by atoms with Crippen molar-refractivity contribution in [2.45, 2.75) is 20.3 Å². The Hall–Kier alpha value is -1.81. The van der Waals surface area contributed by atoms with Gasteiger partial charge in [0.2, 0.25) is 0 Å². The lowest BCUT2D eigenvalue weighted by atomic mass is 10.1. The van der Waals surface area contributed by atoms with E-state index in [4.69, 9.17) is 5.73 Å². The second-order valence-electron chi connectivity index (χ2n) is 4.86. The summed E-state index contributed by atoms with van der Waals surface area (Å²) in [5, 5.41) is 0. The number of nitrogen functional groups attached to an aromatic ring is 1. The fourth-order valence-corrected chi connectivity index (χ4v) is 2.71. The van der Waals surface area contributed by atoms with Crippen LogP contribution in [-0.2, 0) is 6.42 Å². The molecular weight excluding hydrogens is 314 g/mol. The van der Waals surface area contributed by atoms with Gasteiger partial charge in [-0.25, -0.2) is 4.98 Å². The summed E-state index contributed by atoms with van der Waals surface area (Å²) < 4.78 is 3.01. The average Bonchev–Trinajstić information content (AvgIpc) is 2.81. The second kappa shape index (κ2) is 4.94. The Balaban J connectivity index is 2.21. The number of benzene rings is 1. The molecule has 0 aliphatic carbocycles. The van der Waals surface area contributed by atoms with Crippen LogP contribution in [0.15, 0.2) is 40.9 Å². The van der Waals surface area contributed by atoms with Crippen LogP contribution in [0.3, 0.4) is 0 Å². The van der Waals surface area contributed by atoms with E-state index in [1.165, 1.54) is 5.56 Å². The Kier molecular flexibility index (Phi) is 3.26. The minimum atomic E-state index is 0.683. The van der Waals surface area contributed by atoms with E-state index in [9.17, 15) is 0 Å². The minimum absolute atomic E-state index is 0.683. The van der Waals surface area contributed by atoms with Crippen LogP contribution in [0.4, 0.5) is 5.82 Å². The van der Waals surface area contributed by atoms with Crippen molar-refractivity contribution in [2.24, 2.45) is 0 Å². The van der Waals surface area contributed by atoms with Gasteiger partial charge in [-0.05, 0) is 47.0 Å². The van der Waals surface area contributed by atoms with Crippen LogP contribution in [0.2, 0.25) is 0 Å². The summed E-state index contributed by atoms with van der Waals surface area (Å²) in [5.41, 5.74) is 11.4. The van der Waals surface area contributed by atoms with E-state index in [2.05, 4.69) is 52.1 Å². The van der Waals surface area contributed by atoms with Crippen molar-refractivity contribution >= 4 is 27.4 Å². The van der Waals surface area contributed by atoms with Gasteiger partial charge in [-0.2, -0.15) is 0 Å². The first kappa shape index (κ1) is 13.2. The highest BCUT2D eigenvalue weighted by Gasteiger charge is 2.13. The Labute approximate surface area is 126 Å². The summed E-state index contributed by atoms with van der Waals surface area (Å²) >= 11 is 3.53.